The minimum atomic E-state index is -0.356. The highest BCUT2D eigenvalue weighted by Gasteiger charge is 2.34. The van der Waals surface area contributed by atoms with Gasteiger partial charge in [-0.2, -0.15) is 0 Å². The van der Waals surface area contributed by atoms with E-state index in [4.69, 9.17) is 4.74 Å². The van der Waals surface area contributed by atoms with Crippen LogP contribution in [0.15, 0.2) is 0 Å². The van der Waals surface area contributed by atoms with Crippen molar-refractivity contribution in [1.29, 1.82) is 0 Å². The highest BCUT2D eigenvalue weighted by molar-refractivity contribution is 8.14. The van der Waals surface area contributed by atoms with Gasteiger partial charge < -0.3 is 10.1 Å². The molecule has 0 amide bonds. The average Bonchev–Trinajstić information content (AvgIpc) is 2.36. The molecule has 2 unspecified atom stereocenters. The van der Waals surface area contributed by atoms with Crippen molar-refractivity contribution in [1.82, 2.24) is 5.32 Å². The molecule has 1 aliphatic heterocycles. The molecule has 104 valence electrons. The highest BCUT2D eigenvalue weighted by atomic mass is 32.2. The van der Waals surface area contributed by atoms with Crippen LogP contribution in [0.4, 0.5) is 0 Å². The molecule has 0 aromatic heterocycles. The molecular formula is C13H23NO3S. The molecule has 0 aromatic rings. The summed E-state index contributed by atoms with van der Waals surface area (Å²) in [5.74, 6) is 0.427. The Morgan fingerprint density at radius 1 is 1.39 bits per heavy atom. The zero-order valence-corrected chi connectivity index (χ0v) is 12.2. The Kier molecular flexibility index (Phi) is 6.71. The maximum Gasteiger partial charge on any atom is 0.319 e. The number of thioether (sulfide) groups is 1. The van der Waals surface area contributed by atoms with Crippen molar-refractivity contribution >= 4 is 22.8 Å². The Bertz CT molecular complexity index is 290. The Labute approximate surface area is 113 Å². The van der Waals surface area contributed by atoms with E-state index in [1.165, 1.54) is 6.92 Å². The molecule has 0 aliphatic carbocycles. The lowest BCUT2D eigenvalue weighted by Gasteiger charge is -2.31. The summed E-state index contributed by atoms with van der Waals surface area (Å²) in [5.41, 5.74) is 0. The van der Waals surface area contributed by atoms with E-state index in [0.717, 1.165) is 37.7 Å². The van der Waals surface area contributed by atoms with Gasteiger partial charge in [-0.1, -0.05) is 18.7 Å². The lowest BCUT2D eigenvalue weighted by atomic mass is 9.84. The van der Waals surface area contributed by atoms with Crippen LogP contribution in [0.3, 0.4) is 0 Å². The fourth-order valence-corrected chi connectivity index (χ4v) is 3.35. The molecule has 1 N–H and O–H groups in total. The molecule has 1 fully saturated rings. The molecular weight excluding hydrogens is 250 g/mol. The summed E-state index contributed by atoms with van der Waals surface area (Å²) in [6, 6.07) is 0. The first kappa shape index (κ1) is 15.5. The predicted molar refractivity (Wildman–Crippen MR) is 73.5 cm³/mol. The summed E-state index contributed by atoms with van der Waals surface area (Å²) in [5, 5.41) is 2.94. The zero-order chi connectivity index (χ0) is 13.5. The van der Waals surface area contributed by atoms with Gasteiger partial charge in [0.25, 0.3) is 0 Å². The van der Waals surface area contributed by atoms with Gasteiger partial charge in [-0.3, -0.25) is 9.59 Å². The van der Waals surface area contributed by atoms with Gasteiger partial charge in [-0.25, -0.2) is 0 Å². The van der Waals surface area contributed by atoms with Crippen molar-refractivity contribution in [3.05, 3.63) is 0 Å². The summed E-state index contributed by atoms with van der Waals surface area (Å²) >= 11 is 1.12. The van der Waals surface area contributed by atoms with Gasteiger partial charge in [0.2, 0.25) is 0 Å². The summed E-state index contributed by atoms with van der Waals surface area (Å²) < 4.78 is 5.09. The van der Waals surface area contributed by atoms with Crippen molar-refractivity contribution < 1.29 is 14.3 Å². The third-order valence-electron chi connectivity index (χ3n) is 3.42. The molecule has 0 aromatic carbocycles. The summed E-state index contributed by atoms with van der Waals surface area (Å²) in [7, 11) is 0. The van der Waals surface area contributed by atoms with Gasteiger partial charge in [0.05, 0.1) is 6.61 Å². The fourth-order valence-electron chi connectivity index (χ4n) is 2.39. The second-order valence-corrected chi connectivity index (χ2v) is 6.05. The molecule has 1 aliphatic rings. The molecule has 4 nitrogen and oxygen atoms in total. The van der Waals surface area contributed by atoms with E-state index >= 15 is 0 Å². The van der Waals surface area contributed by atoms with E-state index in [1.807, 2.05) is 0 Å². The van der Waals surface area contributed by atoms with E-state index in [9.17, 15) is 9.59 Å². The topological polar surface area (TPSA) is 55.4 Å². The Morgan fingerprint density at radius 3 is 2.50 bits per heavy atom. The SMILES string of the molecule is CCOC(=O)C(SC(C)=O)C(C)C1CCNCC1. The number of hydrogen-bond acceptors (Lipinski definition) is 5. The summed E-state index contributed by atoms with van der Waals surface area (Å²) in [6.07, 6.45) is 2.13. The van der Waals surface area contributed by atoms with E-state index in [0.29, 0.717) is 12.5 Å². The van der Waals surface area contributed by atoms with Gasteiger partial charge in [-0.05, 0) is 44.7 Å². The smallest absolute Gasteiger partial charge is 0.319 e. The van der Waals surface area contributed by atoms with Gasteiger partial charge in [0.1, 0.15) is 5.25 Å². The number of piperidine rings is 1. The Hall–Kier alpha value is -0.550. The van der Waals surface area contributed by atoms with Crippen LogP contribution in [0, 0.1) is 11.8 Å². The van der Waals surface area contributed by atoms with Gasteiger partial charge in [-0.15, -0.1) is 0 Å². The van der Waals surface area contributed by atoms with E-state index < -0.39 is 0 Å². The van der Waals surface area contributed by atoms with Crippen LogP contribution < -0.4 is 5.32 Å². The number of carbonyl (C=O) groups excluding carboxylic acids is 2. The molecule has 0 bridgehead atoms. The largest absolute Gasteiger partial charge is 0.465 e. The minimum Gasteiger partial charge on any atom is -0.465 e. The normalized spacial score (nSPS) is 20.2. The molecule has 1 saturated heterocycles. The van der Waals surface area contributed by atoms with Crippen LogP contribution in [0.5, 0.6) is 0 Å². The second-order valence-electron chi connectivity index (χ2n) is 4.73. The molecule has 18 heavy (non-hydrogen) atoms. The average molecular weight is 273 g/mol. The van der Waals surface area contributed by atoms with Crippen molar-refractivity contribution in [3.8, 4) is 0 Å². The van der Waals surface area contributed by atoms with Crippen molar-refractivity contribution in [2.75, 3.05) is 19.7 Å². The first-order chi connectivity index (χ1) is 8.56. The number of hydrogen-bond donors (Lipinski definition) is 1. The second kappa shape index (κ2) is 7.79. The van der Waals surface area contributed by atoms with Crippen molar-refractivity contribution in [2.45, 2.75) is 38.9 Å². The highest BCUT2D eigenvalue weighted by Crippen LogP contribution is 2.32. The lowest BCUT2D eigenvalue weighted by molar-refractivity contribution is -0.144. The number of esters is 1. The van der Waals surface area contributed by atoms with E-state index in [-0.39, 0.29) is 22.3 Å². The van der Waals surface area contributed by atoms with Crippen LogP contribution >= 0.6 is 11.8 Å². The molecule has 1 rings (SSSR count). The molecule has 0 saturated carbocycles. The van der Waals surface area contributed by atoms with Crippen LogP contribution in [0.25, 0.3) is 0 Å². The minimum absolute atomic E-state index is 0.0196. The molecule has 1 heterocycles. The molecule has 2 atom stereocenters. The first-order valence-electron chi connectivity index (χ1n) is 6.60. The Morgan fingerprint density at radius 2 is 2.00 bits per heavy atom. The standard InChI is InChI=1S/C13H23NO3S/c1-4-17-13(16)12(18-10(3)15)9(2)11-5-7-14-8-6-11/h9,11-12,14H,4-8H2,1-3H3. The maximum absolute atomic E-state index is 12.0. The predicted octanol–water partition coefficient (Wildman–Crippen LogP) is 1.83. The lowest BCUT2D eigenvalue weighted by Crippen LogP contribution is -2.38. The number of ether oxygens (including phenoxy) is 1. The summed E-state index contributed by atoms with van der Waals surface area (Å²) in [4.78, 5) is 23.2. The molecule has 0 radical (unpaired) electrons. The van der Waals surface area contributed by atoms with E-state index in [2.05, 4.69) is 12.2 Å². The quantitative estimate of drug-likeness (QED) is 0.775. The van der Waals surface area contributed by atoms with Crippen LogP contribution in [0.1, 0.15) is 33.6 Å². The third-order valence-corrected chi connectivity index (χ3v) is 4.62. The van der Waals surface area contributed by atoms with Crippen LogP contribution in [-0.2, 0) is 14.3 Å². The van der Waals surface area contributed by atoms with Gasteiger partial charge in [0, 0.05) is 6.92 Å². The maximum atomic E-state index is 12.0. The number of rotatable bonds is 5. The molecule has 5 heteroatoms. The van der Waals surface area contributed by atoms with Gasteiger partial charge >= 0.3 is 5.97 Å². The summed E-state index contributed by atoms with van der Waals surface area (Å²) in [6.45, 7) is 7.72. The fraction of sp³-hybridized carbons (Fsp3) is 0.846. The van der Waals surface area contributed by atoms with Gasteiger partial charge in [0.15, 0.2) is 5.12 Å². The van der Waals surface area contributed by atoms with Crippen molar-refractivity contribution in [2.24, 2.45) is 11.8 Å². The van der Waals surface area contributed by atoms with Crippen molar-refractivity contribution in [3.63, 3.8) is 0 Å². The number of nitrogens with one attached hydrogen (secondary N) is 1. The van der Waals surface area contributed by atoms with E-state index in [1.54, 1.807) is 6.92 Å². The first-order valence-corrected chi connectivity index (χ1v) is 7.48. The monoisotopic (exact) mass is 273 g/mol. The number of carbonyl (C=O) groups is 2. The Balaban J connectivity index is 2.67. The zero-order valence-electron chi connectivity index (χ0n) is 11.4. The van der Waals surface area contributed by atoms with Crippen LogP contribution in [0.2, 0.25) is 0 Å². The molecule has 0 spiro atoms. The third kappa shape index (κ3) is 4.61. The van der Waals surface area contributed by atoms with Crippen LogP contribution in [-0.4, -0.2) is 36.0 Å².